The minimum atomic E-state index is -2.67. The third-order valence-electron chi connectivity index (χ3n) is 3.26. The van der Waals surface area contributed by atoms with Gasteiger partial charge in [0.05, 0.1) is 22.4 Å². The highest BCUT2D eigenvalue weighted by Crippen LogP contribution is 2.27. The van der Waals surface area contributed by atoms with Crippen LogP contribution in [0.1, 0.15) is 12.4 Å². The van der Waals surface area contributed by atoms with Crippen LogP contribution < -0.4 is 0 Å². The molecule has 0 saturated carbocycles. The molecule has 108 valence electrons. The van der Waals surface area contributed by atoms with Crippen LogP contribution in [0.5, 0.6) is 0 Å². The fourth-order valence-electron chi connectivity index (χ4n) is 2.30. The molecule has 0 spiro atoms. The van der Waals surface area contributed by atoms with Crippen LogP contribution in [0.15, 0.2) is 42.9 Å². The van der Waals surface area contributed by atoms with Gasteiger partial charge in [-0.1, -0.05) is 6.07 Å². The Bertz CT molecular complexity index is 809. The number of rotatable bonds is 4. The molecule has 6 nitrogen and oxygen atoms in total. The van der Waals surface area contributed by atoms with Crippen molar-refractivity contribution in [2.75, 3.05) is 0 Å². The molecule has 0 atom stereocenters. The number of hydrogen-bond acceptors (Lipinski definition) is 3. The Morgan fingerprint density at radius 1 is 1.29 bits per heavy atom. The van der Waals surface area contributed by atoms with Crippen molar-refractivity contribution in [2.24, 2.45) is 0 Å². The average Bonchev–Trinajstić information content (AvgIpc) is 3.06. The Balaban J connectivity index is 2.04. The van der Waals surface area contributed by atoms with E-state index in [1.165, 1.54) is 18.5 Å². The van der Waals surface area contributed by atoms with Gasteiger partial charge in [-0.3, -0.25) is 14.7 Å². The second kappa shape index (κ2) is 4.97. The third kappa shape index (κ3) is 2.24. The number of nitrogens with zero attached hydrogens (tertiary/aromatic N) is 4. The lowest BCUT2D eigenvalue weighted by atomic mass is 10.2. The highest BCUT2D eigenvalue weighted by Gasteiger charge is 2.16. The zero-order valence-electron chi connectivity index (χ0n) is 10.7. The minimum absolute atomic E-state index is 0.0107. The summed E-state index contributed by atoms with van der Waals surface area (Å²) in [5, 5.41) is 11.4. The lowest BCUT2D eigenvalue weighted by molar-refractivity contribution is -0.383. The summed E-state index contributed by atoms with van der Waals surface area (Å²) < 4.78 is 28.0. The van der Waals surface area contributed by atoms with Gasteiger partial charge in [0.2, 0.25) is 0 Å². The fraction of sp³-hybridized carbons (Fsp3) is 0.154. The molecule has 21 heavy (non-hydrogen) atoms. The first-order chi connectivity index (χ1) is 10.1. The maximum atomic E-state index is 12.8. The van der Waals surface area contributed by atoms with Crippen LogP contribution in [0.2, 0.25) is 0 Å². The molecule has 0 N–H and O–H groups in total. The van der Waals surface area contributed by atoms with Gasteiger partial charge in [0.1, 0.15) is 5.82 Å². The zero-order chi connectivity index (χ0) is 15.0. The molecule has 2 aromatic heterocycles. The van der Waals surface area contributed by atoms with Gasteiger partial charge < -0.3 is 4.57 Å². The Hall–Kier alpha value is -2.77. The van der Waals surface area contributed by atoms with E-state index in [1.54, 1.807) is 29.0 Å². The Labute approximate surface area is 117 Å². The molecule has 3 aromatic rings. The number of halogens is 2. The SMILES string of the molecule is O=[N+]([O-])c1cccc2c1ccn2Cc1nccn1C(F)F. The largest absolute Gasteiger partial charge is 0.340 e. The highest BCUT2D eigenvalue weighted by atomic mass is 19.3. The molecule has 0 aliphatic carbocycles. The molecule has 0 fully saturated rings. The van der Waals surface area contributed by atoms with Crippen molar-refractivity contribution in [1.29, 1.82) is 0 Å². The first kappa shape index (κ1) is 13.2. The van der Waals surface area contributed by atoms with E-state index in [0.717, 1.165) is 4.57 Å². The molecular weight excluding hydrogens is 282 g/mol. The van der Waals surface area contributed by atoms with Crippen molar-refractivity contribution in [3.63, 3.8) is 0 Å². The second-order valence-corrected chi connectivity index (χ2v) is 4.44. The maximum absolute atomic E-state index is 12.8. The van der Waals surface area contributed by atoms with Crippen LogP contribution >= 0.6 is 0 Å². The van der Waals surface area contributed by atoms with E-state index in [1.807, 2.05) is 0 Å². The first-order valence-corrected chi connectivity index (χ1v) is 6.10. The van der Waals surface area contributed by atoms with Gasteiger partial charge in [-0.2, -0.15) is 8.78 Å². The number of imidazole rings is 1. The van der Waals surface area contributed by atoms with Gasteiger partial charge in [-0.25, -0.2) is 4.98 Å². The lowest BCUT2D eigenvalue weighted by Crippen LogP contribution is -2.08. The topological polar surface area (TPSA) is 65.9 Å². The average molecular weight is 292 g/mol. The van der Waals surface area contributed by atoms with Crippen molar-refractivity contribution >= 4 is 16.6 Å². The van der Waals surface area contributed by atoms with Crippen molar-refractivity contribution < 1.29 is 13.7 Å². The molecule has 0 bridgehead atoms. The van der Waals surface area contributed by atoms with Crippen LogP contribution in [0, 0.1) is 10.1 Å². The number of alkyl halides is 2. The number of nitro benzene ring substituents is 1. The van der Waals surface area contributed by atoms with Gasteiger partial charge in [0.15, 0.2) is 0 Å². The molecular formula is C13H10F2N4O2. The van der Waals surface area contributed by atoms with Gasteiger partial charge in [-0.05, 0) is 12.1 Å². The summed E-state index contributed by atoms with van der Waals surface area (Å²) in [7, 11) is 0. The highest BCUT2D eigenvalue weighted by molar-refractivity contribution is 5.89. The molecule has 2 heterocycles. The standard InChI is InChI=1S/C13H10F2N4O2/c14-13(15)18-7-5-16-12(18)8-17-6-4-9-10(17)2-1-3-11(9)19(20)21/h1-7,13H,8H2. The Kier molecular flexibility index (Phi) is 3.13. The summed E-state index contributed by atoms with van der Waals surface area (Å²) >= 11 is 0. The second-order valence-electron chi connectivity index (χ2n) is 4.44. The third-order valence-corrected chi connectivity index (χ3v) is 3.26. The van der Waals surface area contributed by atoms with Crippen LogP contribution in [-0.4, -0.2) is 19.0 Å². The Morgan fingerprint density at radius 3 is 2.81 bits per heavy atom. The molecule has 0 saturated heterocycles. The van der Waals surface area contributed by atoms with Crippen LogP contribution in [0.3, 0.4) is 0 Å². The zero-order valence-corrected chi connectivity index (χ0v) is 10.7. The van der Waals surface area contributed by atoms with E-state index < -0.39 is 11.5 Å². The molecule has 0 radical (unpaired) electrons. The predicted octanol–water partition coefficient (Wildman–Crippen LogP) is 3.19. The molecule has 8 heteroatoms. The van der Waals surface area contributed by atoms with Crippen LogP contribution in [-0.2, 0) is 6.54 Å². The molecule has 0 aliphatic rings. The van der Waals surface area contributed by atoms with Crippen LogP contribution in [0.4, 0.5) is 14.5 Å². The number of aromatic nitrogens is 3. The van der Waals surface area contributed by atoms with Gasteiger partial charge in [-0.15, -0.1) is 0 Å². The maximum Gasteiger partial charge on any atom is 0.319 e. The number of hydrogen-bond donors (Lipinski definition) is 0. The number of nitro groups is 1. The summed E-state index contributed by atoms with van der Waals surface area (Å²) in [6.07, 6.45) is 4.13. The quantitative estimate of drug-likeness (QED) is 0.548. The Morgan fingerprint density at radius 2 is 2.10 bits per heavy atom. The van der Waals surface area contributed by atoms with E-state index >= 15 is 0 Å². The van der Waals surface area contributed by atoms with Gasteiger partial charge in [0.25, 0.3) is 5.69 Å². The normalized spacial score (nSPS) is 11.4. The summed E-state index contributed by atoms with van der Waals surface area (Å²) in [5.41, 5.74) is 0.594. The monoisotopic (exact) mass is 292 g/mol. The van der Waals surface area contributed by atoms with Gasteiger partial charge in [0, 0.05) is 24.7 Å². The summed E-state index contributed by atoms with van der Waals surface area (Å²) in [5.74, 6) is 0.189. The smallest absolute Gasteiger partial charge is 0.319 e. The predicted molar refractivity (Wildman–Crippen MR) is 71.2 cm³/mol. The minimum Gasteiger partial charge on any atom is -0.340 e. The lowest BCUT2D eigenvalue weighted by Gasteiger charge is -2.08. The van der Waals surface area contributed by atoms with E-state index in [4.69, 9.17) is 0 Å². The first-order valence-electron chi connectivity index (χ1n) is 6.10. The van der Waals surface area contributed by atoms with Crippen molar-refractivity contribution in [3.8, 4) is 0 Å². The molecule has 0 aliphatic heterocycles. The summed E-state index contributed by atoms with van der Waals surface area (Å²) in [6, 6.07) is 6.28. The molecule has 0 unspecified atom stereocenters. The number of benzene rings is 1. The van der Waals surface area contributed by atoms with E-state index in [0.29, 0.717) is 10.9 Å². The number of fused-ring (bicyclic) bond motifs is 1. The molecule has 0 amide bonds. The molecule has 1 aromatic carbocycles. The number of non-ortho nitro benzene ring substituents is 1. The fourth-order valence-corrected chi connectivity index (χ4v) is 2.30. The summed E-state index contributed by atoms with van der Waals surface area (Å²) in [4.78, 5) is 14.4. The van der Waals surface area contributed by atoms with Crippen molar-refractivity contribution in [2.45, 2.75) is 13.1 Å². The van der Waals surface area contributed by atoms with E-state index in [-0.39, 0.29) is 18.1 Å². The van der Waals surface area contributed by atoms with Crippen molar-refractivity contribution in [1.82, 2.24) is 14.1 Å². The molecule has 3 rings (SSSR count). The van der Waals surface area contributed by atoms with E-state index in [9.17, 15) is 18.9 Å². The van der Waals surface area contributed by atoms with Gasteiger partial charge >= 0.3 is 6.55 Å². The van der Waals surface area contributed by atoms with E-state index in [2.05, 4.69) is 4.98 Å². The van der Waals surface area contributed by atoms with Crippen LogP contribution in [0.25, 0.3) is 10.9 Å². The van der Waals surface area contributed by atoms with Crippen molar-refractivity contribution in [3.05, 3.63) is 58.8 Å². The summed E-state index contributed by atoms with van der Waals surface area (Å²) in [6.45, 7) is -2.55.